The Balaban J connectivity index is -0.000000170. The molecule has 8 N–H and O–H groups in total. The van der Waals surface area contributed by atoms with Crippen LogP contribution in [-0.4, -0.2) is 43.8 Å². The molecule has 0 radical (unpaired) electrons. The van der Waals surface area contributed by atoms with Gasteiger partial charge in [0.15, 0.2) is 5.96 Å². The van der Waals surface area contributed by atoms with Crippen molar-refractivity contribution in [1.82, 2.24) is 5.32 Å². The molecule has 0 aromatic rings. The van der Waals surface area contributed by atoms with Crippen LogP contribution in [0.3, 0.4) is 0 Å². The van der Waals surface area contributed by atoms with Crippen LogP contribution in [0.25, 0.3) is 0 Å². The minimum absolute atomic E-state index is 0.0307. The number of aliphatic imine (C=N–C) groups is 1. The maximum absolute atomic E-state index is 11.0. The largest absolute Gasteiger partial charge is 0.405 e. The Labute approximate surface area is 134 Å². The number of carbonyl (C=O) groups excluding carboxylic acids is 1. The number of hydrogen-bond donors (Lipinski definition) is 5. The monoisotopic (exact) mass is 320 g/mol. The highest BCUT2D eigenvalue weighted by molar-refractivity contribution is 5.76. The summed E-state index contributed by atoms with van der Waals surface area (Å²) in [5.74, 6) is -0.0409. The summed E-state index contributed by atoms with van der Waals surface area (Å²) < 4.78 is 4.90. The Morgan fingerprint density at radius 3 is 2.23 bits per heavy atom. The number of ether oxygens (including phenoxy) is 1. The van der Waals surface area contributed by atoms with Crippen LogP contribution in [0, 0.1) is 6.61 Å². The van der Waals surface area contributed by atoms with Crippen molar-refractivity contribution in [3.05, 3.63) is 18.9 Å². The Bertz CT molecular complexity index is 251. The molecule has 0 unspecified atom stereocenters. The van der Waals surface area contributed by atoms with E-state index in [0.29, 0.717) is 26.1 Å². The van der Waals surface area contributed by atoms with Gasteiger partial charge in [0.25, 0.3) is 0 Å². The van der Waals surface area contributed by atoms with Crippen LogP contribution in [0.4, 0.5) is 0 Å². The number of aliphatic hydroxyl groups excluding tert-OH is 1. The van der Waals surface area contributed by atoms with Crippen LogP contribution in [0.1, 0.15) is 34.1 Å². The molecule has 1 amide bonds. The smallest absolute Gasteiger partial charge is 0.224 e. The summed E-state index contributed by atoms with van der Waals surface area (Å²) in [6.45, 7) is 10.4. The molecule has 0 aromatic carbocycles. The van der Waals surface area contributed by atoms with E-state index in [1.54, 1.807) is 19.6 Å². The molecular weight excluding hydrogens is 286 g/mol. The number of rotatable bonds is 7. The van der Waals surface area contributed by atoms with Gasteiger partial charge >= 0.3 is 0 Å². The van der Waals surface area contributed by atoms with Crippen molar-refractivity contribution in [3.8, 4) is 0 Å². The maximum atomic E-state index is 11.0. The molecule has 0 saturated heterocycles. The molecule has 132 valence electrons. The van der Waals surface area contributed by atoms with Crippen molar-refractivity contribution >= 4 is 11.9 Å². The summed E-state index contributed by atoms with van der Waals surface area (Å²) in [5.41, 5.74) is 15.0. The van der Waals surface area contributed by atoms with Gasteiger partial charge in [0.2, 0.25) is 12.5 Å². The Morgan fingerprint density at radius 2 is 1.86 bits per heavy atom. The van der Waals surface area contributed by atoms with E-state index in [1.165, 1.54) is 6.20 Å². The number of guanidine groups is 1. The third kappa shape index (κ3) is 43.0. The fourth-order valence-electron chi connectivity index (χ4n) is 0.738. The average molecular weight is 320 g/mol. The molecule has 0 aromatic heterocycles. The Morgan fingerprint density at radius 1 is 1.36 bits per heavy atom. The second kappa shape index (κ2) is 31.5. The number of aliphatic hydroxyl groups is 1. The highest BCUT2D eigenvalue weighted by Crippen LogP contribution is 1.84. The van der Waals surface area contributed by atoms with Gasteiger partial charge in [0, 0.05) is 13.7 Å². The minimum atomic E-state index is -0.0716. The number of amides is 1. The van der Waals surface area contributed by atoms with Crippen LogP contribution < -0.4 is 22.5 Å². The molecule has 0 heterocycles. The quantitative estimate of drug-likeness (QED) is 0.194. The topological polar surface area (TPSA) is 149 Å². The molecular formula is C14H34N5O3+. The second-order valence-electron chi connectivity index (χ2n) is 3.04. The lowest BCUT2D eigenvalue weighted by molar-refractivity contribution is -0.121. The third-order valence-corrected chi connectivity index (χ3v) is 1.53. The van der Waals surface area contributed by atoms with Crippen molar-refractivity contribution in [2.24, 2.45) is 22.2 Å². The SMILES string of the molecule is C/C=C\N.CC.CO.C[CH+]OCCC(=O)NCCN=C(N)N. The zero-order valence-electron chi connectivity index (χ0n) is 14.5. The van der Waals surface area contributed by atoms with Crippen molar-refractivity contribution in [1.29, 1.82) is 0 Å². The third-order valence-electron chi connectivity index (χ3n) is 1.53. The number of nitrogens with two attached hydrogens (primary N) is 3. The van der Waals surface area contributed by atoms with Gasteiger partial charge in [0.05, 0.1) is 13.0 Å². The predicted octanol–water partition coefficient (Wildman–Crippen LogP) is 0.0778. The van der Waals surface area contributed by atoms with Gasteiger partial charge in [-0.3, -0.25) is 9.79 Å². The fourth-order valence-corrected chi connectivity index (χ4v) is 0.738. The highest BCUT2D eigenvalue weighted by atomic mass is 16.5. The van der Waals surface area contributed by atoms with Crippen LogP contribution in [0.15, 0.2) is 17.3 Å². The van der Waals surface area contributed by atoms with E-state index in [9.17, 15) is 4.79 Å². The normalized spacial score (nSPS) is 8.09. The minimum Gasteiger partial charge on any atom is -0.405 e. The molecule has 0 spiro atoms. The van der Waals surface area contributed by atoms with Gasteiger partial charge in [-0.05, 0) is 13.1 Å². The van der Waals surface area contributed by atoms with Crippen LogP contribution >= 0.6 is 0 Å². The van der Waals surface area contributed by atoms with Gasteiger partial charge in [-0.1, -0.05) is 19.9 Å². The number of nitrogens with zero attached hydrogens (tertiary/aromatic N) is 1. The molecule has 0 fully saturated rings. The second-order valence-corrected chi connectivity index (χ2v) is 3.04. The zero-order valence-corrected chi connectivity index (χ0v) is 14.5. The molecule has 0 aliphatic rings. The summed E-state index contributed by atoms with van der Waals surface area (Å²) in [7, 11) is 1.00. The summed E-state index contributed by atoms with van der Waals surface area (Å²) in [4.78, 5) is 14.8. The van der Waals surface area contributed by atoms with Crippen molar-refractivity contribution in [3.63, 3.8) is 0 Å². The molecule has 0 aliphatic heterocycles. The summed E-state index contributed by atoms with van der Waals surface area (Å²) in [5, 5.41) is 9.65. The molecule has 8 heteroatoms. The molecule has 0 rings (SSSR count). The van der Waals surface area contributed by atoms with Gasteiger partial charge in [-0.25, -0.2) is 0 Å². The first-order valence-electron chi connectivity index (χ1n) is 7.07. The molecule has 22 heavy (non-hydrogen) atoms. The first-order chi connectivity index (χ1) is 10.6. The Kier molecular flexibility index (Phi) is 40.4. The van der Waals surface area contributed by atoms with Crippen LogP contribution in [0.2, 0.25) is 0 Å². The lowest BCUT2D eigenvalue weighted by atomic mass is 10.4. The number of carbonyl (C=O) groups is 1. The van der Waals surface area contributed by atoms with Gasteiger partial charge < -0.3 is 27.6 Å². The lowest BCUT2D eigenvalue weighted by Gasteiger charge is -2.01. The predicted molar refractivity (Wildman–Crippen MR) is 92.7 cm³/mol. The van der Waals surface area contributed by atoms with Crippen molar-refractivity contribution in [2.75, 3.05) is 26.8 Å². The first-order valence-corrected chi connectivity index (χ1v) is 7.07. The van der Waals surface area contributed by atoms with E-state index in [2.05, 4.69) is 10.3 Å². The molecule has 8 nitrogen and oxygen atoms in total. The van der Waals surface area contributed by atoms with Crippen molar-refractivity contribution < 1.29 is 14.6 Å². The molecule has 0 atom stereocenters. The van der Waals surface area contributed by atoms with E-state index in [-0.39, 0.29) is 11.9 Å². The summed E-state index contributed by atoms with van der Waals surface area (Å²) in [6.07, 6.45) is 3.62. The zero-order chi connectivity index (χ0) is 18.2. The molecule has 0 saturated carbocycles. The standard InChI is InChI=1S/C8H16N4O2.C3H7N.C2H6.CH4O/c1-2-14-6-3-7(13)11-4-5-12-8(9)10;1-2-3-4;2*1-2/h2H,3-6H2,1H3,(H4-,9,10,11,12,13);2-3H,4H2,1H3;1-2H3;2H,1H3/p+1/b;3-2-;;. The van der Waals surface area contributed by atoms with E-state index in [1.807, 2.05) is 20.8 Å². The average Bonchev–Trinajstić information content (AvgIpc) is 2.55. The van der Waals surface area contributed by atoms with Gasteiger partial charge in [-0.15, -0.1) is 0 Å². The summed E-state index contributed by atoms with van der Waals surface area (Å²) >= 11 is 0. The highest BCUT2D eigenvalue weighted by Gasteiger charge is 2.01. The first kappa shape index (κ1) is 28.3. The van der Waals surface area contributed by atoms with E-state index in [0.717, 1.165) is 7.11 Å². The fraction of sp³-hybridized carbons (Fsp3) is 0.643. The number of allylic oxidation sites excluding steroid dienone is 1. The number of hydrogen-bond acceptors (Lipinski definition) is 5. The number of nitrogens with one attached hydrogen (secondary N) is 1. The Hall–Kier alpha value is -1.93. The summed E-state index contributed by atoms with van der Waals surface area (Å²) in [6, 6.07) is 0. The maximum Gasteiger partial charge on any atom is 0.224 e. The van der Waals surface area contributed by atoms with Crippen LogP contribution in [0.5, 0.6) is 0 Å². The van der Waals surface area contributed by atoms with Crippen molar-refractivity contribution in [2.45, 2.75) is 34.1 Å². The van der Waals surface area contributed by atoms with E-state index >= 15 is 0 Å². The molecule has 0 aliphatic carbocycles. The van der Waals surface area contributed by atoms with Gasteiger partial charge in [0.1, 0.15) is 13.5 Å². The molecule has 0 bridgehead atoms. The van der Waals surface area contributed by atoms with E-state index in [4.69, 9.17) is 27.0 Å². The lowest BCUT2D eigenvalue weighted by Crippen LogP contribution is -2.29. The van der Waals surface area contributed by atoms with E-state index < -0.39 is 0 Å². The van der Waals surface area contributed by atoms with Gasteiger partial charge in [-0.2, -0.15) is 4.74 Å². The van der Waals surface area contributed by atoms with Crippen LogP contribution in [-0.2, 0) is 9.53 Å².